The van der Waals surface area contributed by atoms with E-state index in [1.165, 1.54) is 22.2 Å². The molecule has 0 radical (unpaired) electrons. The minimum Gasteiger partial charge on any atom is -0.338 e. The second-order valence-electron chi connectivity index (χ2n) is 7.93. The Morgan fingerprint density at radius 1 is 1.38 bits per heavy atom. The lowest BCUT2D eigenvalue weighted by Crippen LogP contribution is -2.40. The Bertz CT molecular complexity index is 980. The molecule has 1 aliphatic carbocycles. The van der Waals surface area contributed by atoms with Crippen molar-refractivity contribution < 1.29 is 9.59 Å². The summed E-state index contributed by atoms with van der Waals surface area (Å²) < 4.78 is 1.70. The zero-order valence-corrected chi connectivity index (χ0v) is 19.0. The monoisotopic (exact) mass is 436 g/mol. The van der Waals surface area contributed by atoms with Crippen LogP contribution in [0.15, 0.2) is 9.95 Å². The molecule has 2 aromatic rings. The predicted molar refractivity (Wildman–Crippen MR) is 118 cm³/mol. The van der Waals surface area contributed by atoms with Gasteiger partial charge in [-0.25, -0.2) is 9.78 Å². The van der Waals surface area contributed by atoms with Gasteiger partial charge in [-0.15, -0.1) is 11.3 Å². The summed E-state index contributed by atoms with van der Waals surface area (Å²) in [6.45, 7) is 9.12. The lowest BCUT2D eigenvalue weighted by atomic mass is 9.89. The van der Waals surface area contributed by atoms with Gasteiger partial charge in [0.15, 0.2) is 5.16 Å². The predicted octanol–water partition coefficient (Wildman–Crippen LogP) is 3.18. The van der Waals surface area contributed by atoms with Gasteiger partial charge < -0.3 is 5.32 Å². The first-order chi connectivity index (χ1) is 13.8. The van der Waals surface area contributed by atoms with Gasteiger partial charge in [0.05, 0.1) is 11.1 Å². The third kappa shape index (κ3) is 5.01. The van der Waals surface area contributed by atoms with E-state index in [-0.39, 0.29) is 17.2 Å². The van der Waals surface area contributed by atoms with Gasteiger partial charge in [-0.1, -0.05) is 32.5 Å². The van der Waals surface area contributed by atoms with E-state index in [0.717, 1.165) is 29.5 Å². The molecule has 2 aromatic heterocycles. The third-order valence-electron chi connectivity index (χ3n) is 4.85. The van der Waals surface area contributed by atoms with E-state index in [9.17, 15) is 14.4 Å². The number of aromatic nitrogens is 2. The van der Waals surface area contributed by atoms with Crippen LogP contribution in [-0.4, -0.2) is 33.8 Å². The fraction of sp³-hybridized carbons (Fsp3) is 0.600. The summed E-state index contributed by atoms with van der Waals surface area (Å²) in [6.07, 6.45) is 3.02. The van der Waals surface area contributed by atoms with Crippen molar-refractivity contribution in [2.24, 2.45) is 11.8 Å². The van der Waals surface area contributed by atoms with Crippen LogP contribution in [0, 0.1) is 11.8 Å². The van der Waals surface area contributed by atoms with Crippen molar-refractivity contribution >= 4 is 45.3 Å². The number of amides is 3. The molecule has 0 fully saturated rings. The van der Waals surface area contributed by atoms with Crippen molar-refractivity contribution in [3.63, 3.8) is 0 Å². The molecule has 0 spiro atoms. The minimum absolute atomic E-state index is 0.0117. The number of fused-ring (bicyclic) bond motifs is 3. The van der Waals surface area contributed by atoms with Gasteiger partial charge >= 0.3 is 6.03 Å². The van der Waals surface area contributed by atoms with Crippen LogP contribution < -0.4 is 16.2 Å². The Labute approximate surface area is 178 Å². The molecule has 0 saturated carbocycles. The molecule has 2 N–H and O–H groups in total. The quantitative estimate of drug-likeness (QED) is 0.536. The highest BCUT2D eigenvalue weighted by atomic mass is 32.2. The van der Waals surface area contributed by atoms with Crippen LogP contribution in [-0.2, 0) is 24.2 Å². The van der Waals surface area contributed by atoms with Crippen LogP contribution in [0.3, 0.4) is 0 Å². The normalized spacial score (nSPS) is 16.1. The average Bonchev–Trinajstić information content (AvgIpc) is 2.99. The Hall–Kier alpha value is -1.87. The van der Waals surface area contributed by atoms with Gasteiger partial charge in [-0.2, -0.15) is 0 Å². The second kappa shape index (κ2) is 9.30. The Balaban J connectivity index is 1.92. The zero-order valence-electron chi connectivity index (χ0n) is 17.3. The molecule has 0 aliphatic heterocycles. The van der Waals surface area contributed by atoms with Crippen LogP contribution >= 0.6 is 23.1 Å². The summed E-state index contributed by atoms with van der Waals surface area (Å²) >= 11 is 2.81. The lowest BCUT2D eigenvalue weighted by Gasteiger charge is -2.18. The maximum absolute atomic E-state index is 13.4. The summed E-state index contributed by atoms with van der Waals surface area (Å²) in [5.74, 6) is 0.505. The number of aryl methyl sites for hydroxylation is 1. The number of hydrogen-bond donors (Lipinski definition) is 2. The molecule has 29 heavy (non-hydrogen) atoms. The van der Waals surface area contributed by atoms with Crippen LogP contribution in [0.5, 0.6) is 0 Å². The summed E-state index contributed by atoms with van der Waals surface area (Å²) in [6, 6.07) is -0.513. The van der Waals surface area contributed by atoms with Gasteiger partial charge in [0, 0.05) is 18.0 Å². The van der Waals surface area contributed by atoms with E-state index in [0.29, 0.717) is 24.2 Å². The van der Waals surface area contributed by atoms with Crippen molar-refractivity contribution in [1.82, 2.24) is 20.2 Å². The van der Waals surface area contributed by atoms with Crippen LogP contribution in [0.1, 0.15) is 44.6 Å². The molecule has 0 saturated heterocycles. The number of urea groups is 1. The number of hydrogen-bond acceptors (Lipinski definition) is 6. The van der Waals surface area contributed by atoms with Gasteiger partial charge in [-0.3, -0.25) is 19.5 Å². The van der Waals surface area contributed by atoms with E-state index in [1.54, 1.807) is 22.8 Å². The first kappa shape index (κ1) is 21.8. The van der Waals surface area contributed by atoms with E-state index in [2.05, 4.69) is 31.4 Å². The molecular weight excluding hydrogens is 408 g/mol. The average molecular weight is 437 g/mol. The maximum atomic E-state index is 13.4. The lowest BCUT2D eigenvalue weighted by molar-refractivity contribution is -0.117. The van der Waals surface area contributed by atoms with Crippen molar-refractivity contribution in [2.75, 3.05) is 12.3 Å². The van der Waals surface area contributed by atoms with E-state index in [4.69, 9.17) is 4.98 Å². The number of rotatable bonds is 6. The fourth-order valence-corrected chi connectivity index (χ4v) is 5.77. The molecule has 3 amide bonds. The summed E-state index contributed by atoms with van der Waals surface area (Å²) in [5, 5.41) is 6.11. The van der Waals surface area contributed by atoms with Gasteiger partial charge in [0.2, 0.25) is 5.91 Å². The van der Waals surface area contributed by atoms with E-state index in [1.807, 2.05) is 0 Å². The number of thiophene rings is 1. The molecule has 1 aliphatic rings. The number of carbonyl (C=O) groups excluding carboxylic acids is 2. The van der Waals surface area contributed by atoms with Crippen LogP contribution in [0.2, 0.25) is 0 Å². The number of thioether (sulfide) groups is 1. The van der Waals surface area contributed by atoms with Gasteiger partial charge in [0.25, 0.3) is 5.56 Å². The molecule has 0 aromatic carbocycles. The smallest absolute Gasteiger partial charge is 0.321 e. The van der Waals surface area contributed by atoms with E-state index >= 15 is 0 Å². The largest absolute Gasteiger partial charge is 0.338 e. The Morgan fingerprint density at radius 2 is 2.14 bits per heavy atom. The topological polar surface area (TPSA) is 93.1 Å². The van der Waals surface area contributed by atoms with Gasteiger partial charge in [0.1, 0.15) is 4.83 Å². The molecule has 2 heterocycles. The molecule has 1 unspecified atom stereocenters. The fourth-order valence-electron chi connectivity index (χ4n) is 3.54. The number of nitrogens with one attached hydrogen (secondary N) is 2. The van der Waals surface area contributed by atoms with Crippen molar-refractivity contribution in [3.05, 3.63) is 20.8 Å². The Morgan fingerprint density at radius 3 is 2.83 bits per heavy atom. The van der Waals surface area contributed by atoms with Gasteiger partial charge in [-0.05, 0) is 43.6 Å². The zero-order chi connectivity index (χ0) is 21.1. The van der Waals surface area contributed by atoms with Crippen molar-refractivity contribution in [1.29, 1.82) is 0 Å². The number of imide groups is 1. The van der Waals surface area contributed by atoms with Crippen molar-refractivity contribution in [3.8, 4) is 0 Å². The van der Waals surface area contributed by atoms with Crippen LogP contribution in [0.4, 0.5) is 4.79 Å². The molecular formula is C20H28N4O3S2. The van der Waals surface area contributed by atoms with Crippen molar-refractivity contribution in [2.45, 2.75) is 58.7 Å². The highest BCUT2D eigenvalue weighted by molar-refractivity contribution is 7.99. The molecule has 7 nitrogen and oxygen atoms in total. The standard InChI is InChI=1S/C20H28N4O3S2/c1-5-21-19(27)22-15(25)10-28-20-23-17-16(18(26)24(20)9-11(2)3)13-7-6-12(4)8-14(13)29-17/h11-12H,5-10H2,1-4H3,(H2,21,22,25,27). The summed E-state index contributed by atoms with van der Waals surface area (Å²) in [4.78, 5) is 43.8. The SMILES string of the molecule is CCNC(=O)NC(=O)CSc1nc2sc3c(c2c(=O)n1CC(C)C)CCC(C)C3. The molecule has 158 valence electrons. The maximum Gasteiger partial charge on any atom is 0.321 e. The summed E-state index contributed by atoms with van der Waals surface area (Å²) in [5.41, 5.74) is 1.16. The highest BCUT2D eigenvalue weighted by Crippen LogP contribution is 2.36. The number of carbonyl (C=O) groups is 2. The van der Waals surface area contributed by atoms with E-state index < -0.39 is 11.9 Å². The molecule has 0 bridgehead atoms. The minimum atomic E-state index is -0.513. The first-order valence-corrected chi connectivity index (χ1v) is 11.9. The molecule has 1 atom stereocenters. The third-order valence-corrected chi connectivity index (χ3v) is 6.98. The molecule has 9 heteroatoms. The highest BCUT2D eigenvalue weighted by Gasteiger charge is 2.25. The molecule has 3 rings (SSSR count). The first-order valence-electron chi connectivity index (χ1n) is 10.1. The Kier molecular flexibility index (Phi) is 7.00. The number of nitrogens with zero attached hydrogens (tertiary/aromatic N) is 2. The summed E-state index contributed by atoms with van der Waals surface area (Å²) in [7, 11) is 0. The second-order valence-corrected chi connectivity index (χ2v) is 9.96. The van der Waals surface area contributed by atoms with Crippen LogP contribution in [0.25, 0.3) is 10.2 Å².